The lowest BCUT2D eigenvalue weighted by Gasteiger charge is -2.15. The first-order valence-corrected chi connectivity index (χ1v) is 9.01. The number of hydrogen-bond acceptors (Lipinski definition) is 2. The molecule has 0 N–H and O–H groups in total. The van der Waals surface area contributed by atoms with Crippen LogP contribution in [0.1, 0.15) is 32.0 Å². The van der Waals surface area contributed by atoms with Gasteiger partial charge < -0.3 is 0 Å². The number of halogens is 4. The number of thiophene rings is 2. The van der Waals surface area contributed by atoms with Crippen molar-refractivity contribution in [1.82, 2.24) is 0 Å². The number of alkyl halides is 4. The van der Waals surface area contributed by atoms with Crippen LogP contribution in [0.2, 0.25) is 0 Å². The molecule has 1 aromatic carbocycles. The quantitative estimate of drug-likeness (QED) is 0.390. The van der Waals surface area contributed by atoms with Crippen molar-refractivity contribution in [3.63, 3.8) is 0 Å². The van der Waals surface area contributed by atoms with Gasteiger partial charge in [-0.1, -0.05) is 0 Å². The zero-order valence-corrected chi connectivity index (χ0v) is 14.3. The molecule has 3 aromatic rings. The van der Waals surface area contributed by atoms with Crippen LogP contribution in [-0.2, 0) is 11.8 Å². The van der Waals surface area contributed by atoms with E-state index in [9.17, 15) is 17.6 Å². The standard InChI is InChI=1S/C18H10F4S2/c1-7-3-13-15(23-7)9-5-12-10(6-11(9)17(13,19)20)16-14(18(12,21)22)4-8(2)24-16/h3-6H,1-2H3. The summed E-state index contributed by atoms with van der Waals surface area (Å²) in [5, 5.41) is 0. The summed E-state index contributed by atoms with van der Waals surface area (Å²) < 4.78 is 59.2. The predicted molar refractivity (Wildman–Crippen MR) is 88.5 cm³/mol. The molecule has 0 saturated carbocycles. The first-order valence-electron chi connectivity index (χ1n) is 7.38. The Morgan fingerprint density at radius 2 is 1.00 bits per heavy atom. The van der Waals surface area contributed by atoms with E-state index in [0.717, 1.165) is 9.75 Å². The van der Waals surface area contributed by atoms with E-state index in [4.69, 9.17) is 0 Å². The molecule has 24 heavy (non-hydrogen) atoms. The minimum absolute atomic E-state index is 0.0606. The van der Waals surface area contributed by atoms with Crippen molar-refractivity contribution in [2.24, 2.45) is 0 Å². The van der Waals surface area contributed by atoms with Crippen LogP contribution in [0.5, 0.6) is 0 Å². The molecule has 122 valence electrons. The number of fused-ring (bicyclic) bond motifs is 6. The van der Waals surface area contributed by atoms with Crippen LogP contribution >= 0.6 is 22.7 Å². The summed E-state index contributed by atoms with van der Waals surface area (Å²) in [6.07, 6.45) is 0. The van der Waals surface area contributed by atoms with Gasteiger partial charge in [0.15, 0.2) is 0 Å². The van der Waals surface area contributed by atoms with Gasteiger partial charge in [-0.3, -0.25) is 0 Å². The molecule has 2 aliphatic carbocycles. The van der Waals surface area contributed by atoms with Crippen molar-refractivity contribution in [3.05, 3.63) is 56.3 Å². The molecule has 0 unspecified atom stereocenters. The monoisotopic (exact) mass is 366 g/mol. The fraction of sp³-hybridized carbons (Fsp3) is 0.222. The van der Waals surface area contributed by atoms with Crippen molar-refractivity contribution in [1.29, 1.82) is 0 Å². The van der Waals surface area contributed by atoms with Gasteiger partial charge >= 0.3 is 11.8 Å². The van der Waals surface area contributed by atoms with E-state index >= 15 is 0 Å². The smallest absolute Gasteiger partial charge is 0.196 e. The second-order valence-corrected chi connectivity index (χ2v) is 8.80. The molecule has 0 fully saturated rings. The van der Waals surface area contributed by atoms with Crippen molar-refractivity contribution < 1.29 is 17.6 Å². The molecule has 2 aliphatic rings. The van der Waals surface area contributed by atoms with Crippen LogP contribution in [0.25, 0.3) is 20.9 Å². The van der Waals surface area contributed by atoms with E-state index in [1.165, 1.54) is 46.9 Å². The van der Waals surface area contributed by atoms with Gasteiger partial charge in [0.05, 0.1) is 0 Å². The summed E-state index contributed by atoms with van der Waals surface area (Å²) in [5.74, 6) is -6.26. The molecule has 2 heterocycles. The molecule has 5 rings (SSSR count). The first kappa shape index (κ1) is 14.7. The molecule has 0 atom stereocenters. The maximum Gasteiger partial charge on any atom is 0.300 e. The Bertz CT molecular complexity index is 956. The number of aryl methyl sites for hydroxylation is 2. The van der Waals surface area contributed by atoms with Crippen LogP contribution in [-0.4, -0.2) is 0 Å². The topological polar surface area (TPSA) is 0 Å². The third-order valence-electron chi connectivity index (χ3n) is 4.71. The second-order valence-electron chi connectivity index (χ2n) is 6.29. The fourth-order valence-electron chi connectivity index (χ4n) is 3.68. The van der Waals surface area contributed by atoms with Gasteiger partial charge in [0.25, 0.3) is 0 Å². The van der Waals surface area contributed by atoms with Gasteiger partial charge in [0, 0.05) is 52.9 Å². The van der Waals surface area contributed by atoms with Gasteiger partial charge in [-0.15, -0.1) is 22.7 Å². The van der Waals surface area contributed by atoms with Crippen LogP contribution in [0.15, 0.2) is 24.3 Å². The van der Waals surface area contributed by atoms with Gasteiger partial charge in [-0.05, 0) is 38.1 Å². The first-order chi connectivity index (χ1) is 11.2. The maximum absolute atomic E-state index is 14.8. The molecular formula is C18H10F4S2. The van der Waals surface area contributed by atoms with Crippen molar-refractivity contribution in [3.8, 4) is 20.9 Å². The minimum atomic E-state index is -3.13. The lowest BCUT2D eigenvalue weighted by Crippen LogP contribution is -2.13. The highest BCUT2D eigenvalue weighted by Crippen LogP contribution is 2.60. The summed E-state index contributed by atoms with van der Waals surface area (Å²) in [4.78, 5) is 2.34. The minimum Gasteiger partial charge on any atom is -0.196 e. The molecule has 6 heteroatoms. The number of benzene rings is 1. The van der Waals surface area contributed by atoms with Gasteiger partial charge in [0.1, 0.15) is 0 Å². The lowest BCUT2D eigenvalue weighted by atomic mass is 9.99. The van der Waals surface area contributed by atoms with Crippen LogP contribution in [0.4, 0.5) is 17.6 Å². The number of rotatable bonds is 0. The highest BCUT2D eigenvalue weighted by atomic mass is 32.1. The van der Waals surface area contributed by atoms with E-state index in [-0.39, 0.29) is 33.4 Å². The fourth-order valence-corrected chi connectivity index (χ4v) is 5.83. The molecule has 0 bridgehead atoms. The largest absolute Gasteiger partial charge is 0.300 e. The zero-order valence-electron chi connectivity index (χ0n) is 12.6. The summed E-state index contributed by atoms with van der Waals surface area (Å²) >= 11 is 2.47. The maximum atomic E-state index is 14.8. The van der Waals surface area contributed by atoms with Gasteiger partial charge in [0.2, 0.25) is 0 Å². The molecule has 0 saturated heterocycles. The molecule has 0 radical (unpaired) electrons. The highest BCUT2D eigenvalue weighted by Gasteiger charge is 2.51. The molecular weight excluding hydrogens is 356 g/mol. The Morgan fingerprint density at radius 1 is 0.625 bits per heavy atom. The van der Waals surface area contributed by atoms with Gasteiger partial charge in [-0.25, -0.2) is 0 Å². The molecule has 2 aromatic heterocycles. The Hall–Kier alpha value is -1.66. The SMILES string of the molecule is Cc1cc2c(s1)-c1cc3c(cc1C2(F)F)-c1sc(C)cc1C3(F)F. The molecule has 0 aliphatic heterocycles. The van der Waals surface area contributed by atoms with E-state index in [1.807, 2.05) is 0 Å². The zero-order chi connectivity index (χ0) is 17.0. The van der Waals surface area contributed by atoms with E-state index in [1.54, 1.807) is 13.8 Å². The predicted octanol–water partition coefficient (Wildman–Crippen LogP) is 6.67. The second kappa shape index (κ2) is 4.11. The highest BCUT2D eigenvalue weighted by molar-refractivity contribution is 7.16. The van der Waals surface area contributed by atoms with Crippen molar-refractivity contribution in [2.75, 3.05) is 0 Å². The van der Waals surface area contributed by atoms with Gasteiger partial charge in [-0.2, -0.15) is 17.6 Å². The van der Waals surface area contributed by atoms with Crippen molar-refractivity contribution >= 4 is 22.7 Å². The third kappa shape index (κ3) is 1.54. The molecule has 0 nitrogen and oxygen atoms in total. The van der Waals surface area contributed by atoms with Crippen LogP contribution in [0.3, 0.4) is 0 Å². The Balaban J connectivity index is 1.86. The summed E-state index contributed by atoms with van der Waals surface area (Å²) in [6, 6.07) is 5.48. The average molecular weight is 366 g/mol. The molecule has 0 amide bonds. The molecule has 0 spiro atoms. The van der Waals surface area contributed by atoms with Crippen molar-refractivity contribution in [2.45, 2.75) is 25.7 Å². The average Bonchev–Trinajstić information content (AvgIpc) is 3.17. The Kier molecular flexibility index (Phi) is 2.51. The summed E-state index contributed by atoms with van der Waals surface area (Å²) in [7, 11) is 0. The Labute approximate surface area is 143 Å². The van der Waals surface area contributed by atoms with E-state index in [0.29, 0.717) is 9.75 Å². The summed E-state index contributed by atoms with van der Waals surface area (Å²) in [6.45, 7) is 3.50. The van der Waals surface area contributed by atoms with Crippen LogP contribution < -0.4 is 0 Å². The van der Waals surface area contributed by atoms with Crippen LogP contribution in [0, 0.1) is 13.8 Å². The number of hydrogen-bond donors (Lipinski definition) is 0. The summed E-state index contributed by atoms with van der Waals surface area (Å²) in [5.41, 5.74) is 0.0651. The third-order valence-corrected chi connectivity index (χ3v) is 6.88. The normalized spacial score (nSPS) is 18.2. The van der Waals surface area contributed by atoms with E-state index in [2.05, 4.69) is 0 Å². The Morgan fingerprint density at radius 3 is 1.38 bits per heavy atom. The van der Waals surface area contributed by atoms with E-state index < -0.39 is 11.8 Å². The lowest BCUT2D eigenvalue weighted by molar-refractivity contribution is 0.0452.